The topological polar surface area (TPSA) is 92.3 Å². The van der Waals surface area contributed by atoms with Crippen LogP contribution in [0.15, 0.2) is 28.0 Å². The van der Waals surface area contributed by atoms with Gasteiger partial charge in [-0.25, -0.2) is 8.42 Å². The Labute approximate surface area is 171 Å². The molecule has 8 heteroatoms. The number of rotatable bonds is 5. The number of carbonyl (C=O) groups is 2. The zero-order valence-electron chi connectivity index (χ0n) is 16.5. The first-order valence-electron chi connectivity index (χ1n) is 9.83. The summed E-state index contributed by atoms with van der Waals surface area (Å²) in [6.07, 6.45) is 4.29. The monoisotopic (exact) mass is 424 g/mol. The van der Waals surface area contributed by atoms with E-state index in [4.69, 9.17) is 0 Å². The fraction of sp³-hybridized carbons (Fsp3) is 0.600. The van der Waals surface area contributed by atoms with Gasteiger partial charge in [-0.2, -0.15) is 0 Å². The van der Waals surface area contributed by atoms with Crippen LogP contribution < -0.4 is 10.6 Å². The minimum absolute atomic E-state index is 0.0527. The third-order valence-corrected chi connectivity index (χ3v) is 8.97. The zero-order valence-corrected chi connectivity index (χ0v) is 18.2. The van der Waals surface area contributed by atoms with Crippen molar-refractivity contribution in [3.8, 4) is 0 Å². The number of fused-ring (bicyclic) bond motifs is 1. The second-order valence-electron chi connectivity index (χ2n) is 7.90. The van der Waals surface area contributed by atoms with Gasteiger partial charge >= 0.3 is 0 Å². The number of benzene rings is 1. The molecule has 3 rings (SSSR count). The van der Waals surface area contributed by atoms with Crippen molar-refractivity contribution in [1.82, 2.24) is 5.32 Å². The van der Waals surface area contributed by atoms with Gasteiger partial charge in [0.15, 0.2) is 9.84 Å². The molecule has 2 amide bonds. The van der Waals surface area contributed by atoms with Gasteiger partial charge < -0.3 is 10.6 Å². The van der Waals surface area contributed by atoms with Gasteiger partial charge in [-0.3, -0.25) is 9.59 Å². The van der Waals surface area contributed by atoms with Crippen molar-refractivity contribution in [3.63, 3.8) is 0 Å². The number of amides is 2. The van der Waals surface area contributed by atoms with E-state index in [-0.39, 0.29) is 34.4 Å². The molecule has 2 N–H and O–H groups in total. The predicted molar refractivity (Wildman–Crippen MR) is 111 cm³/mol. The summed E-state index contributed by atoms with van der Waals surface area (Å²) in [6, 6.07) is 4.86. The highest BCUT2D eigenvalue weighted by atomic mass is 32.2. The number of hydrogen-bond donors (Lipinski definition) is 2. The molecule has 0 spiro atoms. The summed E-state index contributed by atoms with van der Waals surface area (Å²) < 4.78 is 26.0. The normalized spacial score (nSPS) is 26.1. The summed E-state index contributed by atoms with van der Waals surface area (Å²) in [5.41, 5.74) is 0.628. The summed E-state index contributed by atoms with van der Waals surface area (Å²) in [6.45, 7) is 5.49. The van der Waals surface area contributed by atoms with Gasteiger partial charge in [0.25, 0.3) is 0 Å². The maximum Gasteiger partial charge on any atom is 0.237 e. The van der Waals surface area contributed by atoms with Gasteiger partial charge in [0.1, 0.15) is 0 Å². The van der Waals surface area contributed by atoms with E-state index >= 15 is 0 Å². The summed E-state index contributed by atoms with van der Waals surface area (Å²) in [5.74, 6) is 0.137. The Morgan fingerprint density at radius 2 is 2.00 bits per heavy atom. The first-order chi connectivity index (χ1) is 13.2. The lowest BCUT2D eigenvalue weighted by Crippen LogP contribution is -2.42. The largest absolute Gasteiger partial charge is 0.353 e. The quantitative estimate of drug-likeness (QED) is 0.756. The highest BCUT2D eigenvalue weighted by molar-refractivity contribution is 8.01. The van der Waals surface area contributed by atoms with Crippen LogP contribution in [0.4, 0.5) is 5.69 Å². The van der Waals surface area contributed by atoms with Crippen molar-refractivity contribution < 1.29 is 18.0 Å². The van der Waals surface area contributed by atoms with Crippen molar-refractivity contribution >= 4 is 39.1 Å². The molecule has 28 heavy (non-hydrogen) atoms. The molecule has 2 aliphatic rings. The van der Waals surface area contributed by atoms with E-state index in [0.29, 0.717) is 11.6 Å². The van der Waals surface area contributed by atoms with Crippen LogP contribution >= 0.6 is 11.8 Å². The van der Waals surface area contributed by atoms with Gasteiger partial charge in [-0.1, -0.05) is 19.8 Å². The van der Waals surface area contributed by atoms with E-state index in [1.165, 1.54) is 24.2 Å². The number of anilines is 1. The van der Waals surface area contributed by atoms with E-state index in [1.807, 2.05) is 0 Å². The fourth-order valence-electron chi connectivity index (χ4n) is 3.76. The Balaban J connectivity index is 1.69. The lowest BCUT2D eigenvalue weighted by atomic mass is 9.86. The molecule has 1 aromatic carbocycles. The molecule has 4 atom stereocenters. The van der Waals surface area contributed by atoms with E-state index in [1.54, 1.807) is 26.0 Å². The Bertz CT molecular complexity index is 869. The maximum absolute atomic E-state index is 13.0. The van der Waals surface area contributed by atoms with Crippen LogP contribution in [0.2, 0.25) is 0 Å². The molecule has 0 saturated heterocycles. The van der Waals surface area contributed by atoms with E-state index in [9.17, 15) is 18.0 Å². The predicted octanol–water partition coefficient (Wildman–Crippen LogP) is 3.37. The van der Waals surface area contributed by atoms with Gasteiger partial charge in [-0.05, 0) is 50.8 Å². The second kappa shape index (κ2) is 8.45. The molecule has 0 radical (unpaired) electrons. The lowest BCUT2D eigenvalue weighted by molar-refractivity contribution is -0.122. The molecule has 1 aliphatic heterocycles. The van der Waals surface area contributed by atoms with Crippen LogP contribution in [0.25, 0.3) is 0 Å². The Hall–Kier alpha value is -1.54. The molecule has 154 valence electrons. The molecule has 1 heterocycles. The molecule has 0 aromatic heterocycles. The van der Waals surface area contributed by atoms with Crippen LogP contribution in [-0.2, 0) is 19.4 Å². The third-order valence-electron chi connectivity index (χ3n) is 5.67. The van der Waals surface area contributed by atoms with Gasteiger partial charge in [0.05, 0.1) is 21.1 Å². The third kappa shape index (κ3) is 4.54. The number of nitrogens with one attached hydrogen (secondary N) is 2. The van der Waals surface area contributed by atoms with Crippen LogP contribution in [-0.4, -0.2) is 36.8 Å². The minimum atomic E-state index is -3.64. The van der Waals surface area contributed by atoms with Gasteiger partial charge in [0.2, 0.25) is 11.8 Å². The molecule has 0 bridgehead atoms. The maximum atomic E-state index is 13.0. The number of sulfone groups is 1. The second-order valence-corrected chi connectivity index (χ2v) is 11.7. The van der Waals surface area contributed by atoms with E-state index in [2.05, 4.69) is 17.6 Å². The average Bonchev–Trinajstić information content (AvgIpc) is 2.64. The van der Waals surface area contributed by atoms with Crippen molar-refractivity contribution in [2.45, 2.75) is 79.2 Å². The molecule has 1 aliphatic carbocycles. The standard InChI is InChI=1S/C20H28N2O4S2/c1-12-6-4-5-7-16(12)21-19(23)10-13(2)28(25,26)15-8-9-17-18(11-15)27-14(3)20(24)22-17/h8-9,11-14,16H,4-7,10H2,1-3H3,(H,21,23)(H,22,24). The molecule has 6 nitrogen and oxygen atoms in total. The molecular weight excluding hydrogens is 396 g/mol. The minimum Gasteiger partial charge on any atom is -0.353 e. The van der Waals surface area contributed by atoms with Crippen LogP contribution in [0.3, 0.4) is 0 Å². The summed E-state index contributed by atoms with van der Waals surface area (Å²) >= 11 is 1.34. The van der Waals surface area contributed by atoms with E-state index < -0.39 is 15.1 Å². The van der Waals surface area contributed by atoms with Gasteiger partial charge in [-0.15, -0.1) is 11.8 Å². The van der Waals surface area contributed by atoms with E-state index in [0.717, 1.165) is 24.2 Å². The number of hydrogen-bond acceptors (Lipinski definition) is 5. The SMILES string of the molecule is CC1Sc2cc(S(=O)(=O)C(C)CC(=O)NC3CCCCC3C)ccc2NC1=O. The van der Waals surface area contributed by atoms with Crippen molar-refractivity contribution in [3.05, 3.63) is 18.2 Å². The molecule has 1 saturated carbocycles. The molecular formula is C20H28N2O4S2. The van der Waals surface area contributed by atoms with Crippen molar-refractivity contribution in [2.24, 2.45) is 5.92 Å². The molecule has 1 fully saturated rings. The van der Waals surface area contributed by atoms with Crippen molar-refractivity contribution in [1.29, 1.82) is 0 Å². The summed E-state index contributed by atoms with van der Waals surface area (Å²) in [7, 11) is -3.64. The highest BCUT2D eigenvalue weighted by Gasteiger charge is 2.30. The van der Waals surface area contributed by atoms with Crippen LogP contribution in [0, 0.1) is 5.92 Å². The molecule has 4 unspecified atom stereocenters. The Morgan fingerprint density at radius 1 is 1.29 bits per heavy atom. The number of thioether (sulfide) groups is 1. The smallest absolute Gasteiger partial charge is 0.237 e. The van der Waals surface area contributed by atoms with Crippen molar-refractivity contribution in [2.75, 3.05) is 5.32 Å². The number of carbonyl (C=O) groups excluding carboxylic acids is 2. The summed E-state index contributed by atoms with van der Waals surface area (Å²) in [5, 5.41) is 4.72. The Kier molecular flexibility index (Phi) is 6.39. The van der Waals surface area contributed by atoms with Crippen LogP contribution in [0.5, 0.6) is 0 Å². The first kappa shape index (κ1) is 21.2. The highest BCUT2D eigenvalue weighted by Crippen LogP contribution is 2.37. The zero-order chi connectivity index (χ0) is 20.5. The fourth-order valence-corrected chi connectivity index (χ4v) is 6.20. The first-order valence-corrected chi connectivity index (χ1v) is 12.3. The lowest BCUT2D eigenvalue weighted by Gasteiger charge is -2.29. The van der Waals surface area contributed by atoms with Gasteiger partial charge in [0, 0.05) is 17.4 Å². The average molecular weight is 425 g/mol. The van der Waals surface area contributed by atoms with Crippen LogP contribution in [0.1, 0.15) is 52.9 Å². The Morgan fingerprint density at radius 3 is 2.71 bits per heavy atom. The molecule has 1 aromatic rings. The summed E-state index contributed by atoms with van der Waals surface area (Å²) in [4.78, 5) is 25.1.